The lowest BCUT2D eigenvalue weighted by Crippen LogP contribution is -2.15. The van der Waals surface area contributed by atoms with E-state index < -0.39 is 0 Å². The van der Waals surface area contributed by atoms with Crippen molar-refractivity contribution in [3.63, 3.8) is 0 Å². The van der Waals surface area contributed by atoms with E-state index >= 15 is 0 Å². The summed E-state index contributed by atoms with van der Waals surface area (Å²) in [5.74, 6) is -0.132. The van der Waals surface area contributed by atoms with Gasteiger partial charge in [0.2, 0.25) is 0 Å². The van der Waals surface area contributed by atoms with Gasteiger partial charge in [-0.1, -0.05) is 54.6 Å². The van der Waals surface area contributed by atoms with Crippen LogP contribution in [0.3, 0.4) is 0 Å². The molecule has 0 spiro atoms. The molecule has 1 amide bonds. The number of benzene rings is 3. The molecule has 3 aromatic rings. The summed E-state index contributed by atoms with van der Waals surface area (Å²) < 4.78 is 0. The summed E-state index contributed by atoms with van der Waals surface area (Å²) in [4.78, 5) is 12.5. The number of hydrogen-bond acceptors (Lipinski definition) is 2. The Bertz CT molecular complexity index is 791. The first-order valence-corrected chi connectivity index (χ1v) is 6.86. The van der Waals surface area contributed by atoms with Gasteiger partial charge in [-0.25, -0.2) is 0 Å². The minimum absolute atomic E-state index is 0.132. The number of nitrogens with two attached hydrogens (primary N) is 1. The Morgan fingerprint density at radius 3 is 2.48 bits per heavy atom. The maximum Gasteiger partial charge on any atom is 0.256 e. The van der Waals surface area contributed by atoms with Crippen molar-refractivity contribution in [2.75, 3.05) is 5.32 Å². The second-order valence-electron chi connectivity index (χ2n) is 4.84. The van der Waals surface area contributed by atoms with E-state index in [9.17, 15) is 4.79 Å². The molecular weight excluding hydrogens is 260 g/mol. The number of fused-ring (bicyclic) bond motifs is 1. The average Bonchev–Trinajstić information content (AvgIpc) is 2.55. The predicted octanol–water partition coefficient (Wildman–Crippen LogP) is 3.55. The van der Waals surface area contributed by atoms with Crippen molar-refractivity contribution in [1.29, 1.82) is 0 Å². The number of carbonyl (C=O) groups is 1. The highest BCUT2D eigenvalue weighted by Gasteiger charge is 2.11. The molecule has 0 fully saturated rings. The van der Waals surface area contributed by atoms with Crippen molar-refractivity contribution in [1.82, 2.24) is 0 Å². The molecule has 21 heavy (non-hydrogen) atoms. The summed E-state index contributed by atoms with van der Waals surface area (Å²) in [6.07, 6.45) is 0. The van der Waals surface area contributed by atoms with Gasteiger partial charge in [-0.05, 0) is 23.1 Å². The van der Waals surface area contributed by atoms with Gasteiger partial charge in [0.15, 0.2) is 0 Å². The first-order chi connectivity index (χ1) is 10.3. The van der Waals surface area contributed by atoms with Gasteiger partial charge in [-0.15, -0.1) is 0 Å². The van der Waals surface area contributed by atoms with Crippen LogP contribution >= 0.6 is 0 Å². The smallest absolute Gasteiger partial charge is 0.256 e. The highest BCUT2D eigenvalue weighted by molar-refractivity contribution is 6.09. The van der Waals surface area contributed by atoms with Gasteiger partial charge in [0.25, 0.3) is 5.91 Å². The van der Waals surface area contributed by atoms with Crippen molar-refractivity contribution in [3.05, 3.63) is 77.9 Å². The summed E-state index contributed by atoms with van der Waals surface area (Å²) in [6.45, 7) is 0.346. The maximum absolute atomic E-state index is 12.5. The van der Waals surface area contributed by atoms with E-state index in [1.807, 2.05) is 60.7 Å². The molecule has 0 radical (unpaired) electrons. The zero-order chi connectivity index (χ0) is 14.7. The number of hydrogen-bond donors (Lipinski definition) is 2. The lowest BCUT2D eigenvalue weighted by molar-refractivity contribution is 0.102. The van der Waals surface area contributed by atoms with Gasteiger partial charge in [0.1, 0.15) is 0 Å². The molecule has 3 nitrogen and oxygen atoms in total. The summed E-state index contributed by atoms with van der Waals surface area (Å²) in [7, 11) is 0. The molecule has 3 heteroatoms. The molecule has 0 atom stereocenters. The summed E-state index contributed by atoms with van der Waals surface area (Å²) in [5.41, 5.74) is 7.96. The number of carbonyl (C=O) groups excluding carboxylic acids is 1. The van der Waals surface area contributed by atoms with Crippen LogP contribution in [0.1, 0.15) is 15.9 Å². The maximum atomic E-state index is 12.5. The zero-order valence-corrected chi connectivity index (χ0v) is 11.5. The topological polar surface area (TPSA) is 55.1 Å². The van der Waals surface area contributed by atoms with Crippen LogP contribution in [0.15, 0.2) is 66.7 Å². The van der Waals surface area contributed by atoms with Crippen LogP contribution < -0.4 is 11.1 Å². The Balaban J connectivity index is 1.97. The van der Waals surface area contributed by atoms with Crippen molar-refractivity contribution in [3.8, 4) is 0 Å². The number of rotatable bonds is 3. The molecule has 3 N–H and O–H groups in total. The van der Waals surface area contributed by atoms with Crippen LogP contribution in [0.4, 0.5) is 5.69 Å². The molecule has 0 aliphatic heterocycles. The molecular formula is C18H16N2O. The lowest BCUT2D eigenvalue weighted by Gasteiger charge is -2.11. The second-order valence-corrected chi connectivity index (χ2v) is 4.84. The lowest BCUT2D eigenvalue weighted by atomic mass is 10.1. The van der Waals surface area contributed by atoms with Gasteiger partial charge in [-0.3, -0.25) is 4.79 Å². The SMILES string of the molecule is NCc1ccccc1C(=O)Nc1cccc2ccccc12. The average molecular weight is 276 g/mol. The fourth-order valence-corrected chi connectivity index (χ4v) is 2.44. The number of nitrogens with one attached hydrogen (secondary N) is 1. The van der Waals surface area contributed by atoms with E-state index in [1.165, 1.54) is 0 Å². The highest BCUT2D eigenvalue weighted by Crippen LogP contribution is 2.23. The van der Waals surface area contributed by atoms with Gasteiger partial charge in [0, 0.05) is 23.2 Å². The molecule has 0 unspecified atom stereocenters. The van der Waals surface area contributed by atoms with Gasteiger partial charge < -0.3 is 11.1 Å². The molecule has 0 heterocycles. The van der Waals surface area contributed by atoms with Crippen LogP contribution in [0.2, 0.25) is 0 Å². The highest BCUT2D eigenvalue weighted by atomic mass is 16.1. The largest absolute Gasteiger partial charge is 0.326 e. The van der Waals surface area contributed by atoms with E-state index in [1.54, 1.807) is 6.07 Å². The predicted molar refractivity (Wildman–Crippen MR) is 86.2 cm³/mol. The van der Waals surface area contributed by atoms with Crippen LogP contribution in [0.5, 0.6) is 0 Å². The Labute approximate surface area is 123 Å². The van der Waals surface area contributed by atoms with E-state index in [0.29, 0.717) is 12.1 Å². The Morgan fingerprint density at radius 1 is 0.905 bits per heavy atom. The second kappa shape index (κ2) is 5.77. The van der Waals surface area contributed by atoms with E-state index in [4.69, 9.17) is 5.73 Å². The first kappa shape index (κ1) is 13.3. The molecule has 0 aromatic heterocycles. The first-order valence-electron chi connectivity index (χ1n) is 6.86. The van der Waals surface area contributed by atoms with E-state index in [2.05, 4.69) is 5.32 Å². The minimum atomic E-state index is -0.132. The molecule has 0 saturated heterocycles. The standard InChI is InChI=1S/C18H16N2O/c19-12-14-7-2-4-10-16(14)18(21)20-17-11-5-8-13-6-1-3-9-15(13)17/h1-11H,12,19H2,(H,20,21). The molecule has 0 bridgehead atoms. The summed E-state index contributed by atoms with van der Waals surface area (Å²) >= 11 is 0. The monoisotopic (exact) mass is 276 g/mol. The third kappa shape index (κ3) is 2.64. The van der Waals surface area contributed by atoms with Gasteiger partial charge in [0.05, 0.1) is 0 Å². The fraction of sp³-hybridized carbons (Fsp3) is 0.0556. The Morgan fingerprint density at radius 2 is 1.62 bits per heavy atom. The number of amides is 1. The molecule has 104 valence electrons. The van der Waals surface area contributed by atoms with Crippen LogP contribution in [0.25, 0.3) is 10.8 Å². The van der Waals surface area contributed by atoms with Gasteiger partial charge in [-0.2, -0.15) is 0 Å². The molecule has 3 aromatic carbocycles. The summed E-state index contributed by atoms with van der Waals surface area (Å²) in [6, 6.07) is 21.2. The minimum Gasteiger partial charge on any atom is -0.326 e. The third-order valence-corrected chi connectivity index (χ3v) is 3.52. The fourth-order valence-electron chi connectivity index (χ4n) is 2.44. The van der Waals surface area contributed by atoms with Crippen LogP contribution in [0, 0.1) is 0 Å². The molecule has 0 saturated carbocycles. The Hall–Kier alpha value is -2.65. The van der Waals surface area contributed by atoms with Crippen molar-refractivity contribution in [2.24, 2.45) is 5.73 Å². The normalized spacial score (nSPS) is 10.5. The Kier molecular flexibility index (Phi) is 3.67. The van der Waals surface area contributed by atoms with E-state index in [0.717, 1.165) is 22.0 Å². The van der Waals surface area contributed by atoms with Crippen molar-refractivity contribution in [2.45, 2.75) is 6.54 Å². The molecule has 0 aliphatic carbocycles. The van der Waals surface area contributed by atoms with Crippen LogP contribution in [-0.4, -0.2) is 5.91 Å². The number of anilines is 1. The van der Waals surface area contributed by atoms with Crippen LogP contribution in [-0.2, 0) is 6.54 Å². The summed E-state index contributed by atoms with van der Waals surface area (Å²) in [5, 5.41) is 5.11. The third-order valence-electron chi connectivity index (χ3n) is 3.52. The van der Waals surface area contributed by atoms with Gasteiger partial charge >= 0.3 is 0 Å². The van der Waals surface area contributed by atoms with Crippen molar-refractivity contribution >= 4 is 22.4 Å². The molecule has 0 aliphatic rings. The molecule has 3 rings (SSSR count). The van der Waals surface area contributed by atoms with E-state index in [-0.39, 0.29) is 5.91 Å². The quantitative estimate of drug-likeness (QED) is 0.768. The zero-order valence-electron chi connectivity index (χ0n) is 11.5. The van der Waals surface area contributed by atoms with Crippen molar-refractivity contribution < 1.29 is 4.79 Å².